The summed E-state index contributed by atoms with van der Waals surface area (Å²) < 4.78 is 39.2. The van der Waals surface area contributed by atoms with Crippen LogP contribution in [-0.4, -0.2) is 26.0 Å². The van der Waals surface area contributed by atoms with E-state index in [4.69, 9.17) is 0 Å². The number of carbonyl (C=O) groups is 1. The summed E-state index contributed by atoms with van der Waals surface area (Å²) in [4.78, 5) is 25.6. The van der Waals surface area contributed by atoms with Crippen LogP contribution in [0.25, 0.3) is 10.9 Å². The zero-order valence-electron chi connectivity index (χ0n) is 20.9. The maximum absolute atomic E-state index is 13.1. The lowest BCUT2D eigenvalue weighted by molar-refractivity contribution is -0.137. The molecule has 0 saturated carbocycles. The van der Waals surface area contributed by atoms with Crippen LogP contribution in [-0.2, 0) is 24.7 Å². The number of aromatic nitrogens is 3. The first-order valence-electron chi connectivity index (χ1n) is 11.7. The van der Waals surface area contributed by atoms with Gasteiger partial charge in [0, 0.05) is 47.7 Å². The van der Waals surface area contributed by atoms with E-state index in [2.05, 4.69) is 20.3 Å². The van der Waals surface area contributed by atoms with Crippen LogP contribution in [0.4, 0.5) is 13.2 Å². The van der Waals surface area contributed by atoms with Gasteiger partial charge in [0.25, 0.3) is 5.91 Å². The average Bonchev–Trinajstić information content (AvgIpc) is 2.82. The molecule has 0 radical (unpaired) electrons. The topological polar surface area (TPSA) is 88.0 Å². The van der Waals surface area contributed by atoms with Gasteiger partial charge < -0.3 is 10.4 Å². The van der Waals surface area contributed by atoms with E-state index in [0.717, 1.165) is 34.6 Å². The highest BCUT2D eigenvalue weighted by Crippen LogP contribution is 2.31. The number of alkyl halides is 3. The van der Waals surface area contributed by atoms with Crippen LogP contribution in [0.2, 0.25) is 0 Å². The second-order valence-electron chi connectivity index (χ2n) is 9.59. The zero-order valence-corrected chi connectivity index (χ0v) is 20.9. The number of aliphatic hydroxyl groups is 1. The summed E-state index contributed by atoms with van der Waals surface area (Å²) in [6.45, 7) is 7.36. The van der Waals surface area contributed by atoms with Crippen LogP contribution in [0.5, 0.6) is 0 Å². The van der Waals surface area contributed by atoms with Gasteiger partial charge in [-0.25, -0.2) is 0 Å². The van der Waals surface area contributed by atoms with E-state index in [1.807, 2.05) is 19.9 Å². The molecule has 0 spiro atoms. The lowest BCUT2D eigenvalue weighted by atomic mass is 9.99. The van der Waals surface area contributed by atoms with Crippen molar-refractivity contribution >= 4 is 16.8 Å². The van der Waals surface area contributed by atoms with Gasteiger partial charge in [0.05, 0.1) is 16.8 Å². The molecule has 0 aliphatic heterocycles. The first kappa shape index (κ1) is 26.2. The van der Waals surface area contributed by atoms with E-state index in [1.54, 1.807) is 44.2 Å². The minimum absolute atomic E-state index is 0.270. The molecule has 3 aromatic heterocycles. The Hall–Kier alpha value is -3.85. The van der Waals surface area contributed by atoms with Gasteiger partial charge in [-0.1, -0.05) is 6.07 Å². The summed E-state index contributed by atoms with van der Waals surface area (Å²) in [5.74, 6) is -0.286. The molecule has 0 atom stereocenters. The molecule has 0 bridgehead atoms. The summed E-state index contributed by atoms with van der Waals surface area (Å²) in [7, 11) is 0. The van der Waals surface area contributed by atoms with Crippen molar-refractivity contribution in [1.82, 2.24) is 20.3 Å². The van der Waals surface area contributed by atoms with Crippen molar-refractivity contribution < 1.29 is 23.1 Å². The molecule has 0 aliphatic carbocycles. The summed E-state index contributed by atoms with van der Waals surface area (Å²) in [5.41, 5.74) is 3.47. The quantitative estimate of drug-likeness (QED) is 0.364. The number of amides is 1. The second-order valence-corrected chi connectivity index (χ2v) is 9.59. The monoisotopic (exact) mass is 508 g/mol. The lowest BCUT2D eigenvalue weighted by Crippen LogP contribution is -2.25. The van der Waals surface area contributed by atoms with Gasteiger partial charge in [-0.05, 0) is 80.8 Å². The summed E-state index contributed by atoms with van der Waals surface area (Å²) in [6, 6.07) is 11.3. The number of rotatable bonds is 6. The standard InChI is InChI=1S/C28H27F3N4O2/c1-16-9-25(27(3,4)37)35-17(2)23(16)15-34-26(36)19-7-8-32-22(13-19)11-18-5-6-24-20(10-18)12-21(14-33-24)28(29,30)31/h5-10,12-14,37H,11,15H2,1-4H3,(H,34,36). The molecule has 0 saturated heterocycles. The third-order valence-electron chi connectivity index (χ3n) is 6.14. The van der Waals surface area contributed by atoms with Crippen LogP contribution in [0.3, 0.4) is 0 Å². The van der Waals surface area contributed by atoms with Crippen LogP contribution in [0, 0.1) is 13.8 Å². The minimum Gasteiger partial charge on any atom is -0.384 e. The number of carbonyl (C=O) groups excluding carboxylic acids is 1. The van der Waals surface area contributed by atoms with Crippen LogP contribution < -0.4 is 5.32 Å². The largest absolute Gasteiger partial charge is 0.417 e. The first-order chi connectivity index (χ1) is 17.3. The number of pyridine rings is 3. The van der Waals surface area contributed by atoms with Crippen molar-refractivity contribution in [2.75, 3.05) is 0 Å². The highest BCUT2D eigenvalue weighted by Gasteiger charge is 2.31. The Morgan fingerprint density at radius 1 is 1.03 bits per heavy atom. The van der Waals surface area contributed by atoms with E-state index in [-0.39, 0.29) is 12.5 Å². The molecule has 37 heavy (non-hydrogen) atoms. The highest BCUT2D eigenvalue weighted by molar-refractivity contribution is 5.94. The molecule has 1 amide bonds. The normalized spacial score (nSPS) is 12.1. The Morgan fingerprint density at radius 3 is 2.46 bits per heavy atom. The Bertz CT molecular complexity index is 1450. The number of fused-ring (bicyclic) bond motifs is 1. The van der Waals surface area contributed by atoms with E-state index in [9.17, 15) is 23.1 Å². The average molecular weight is 509 g/mol. The number of nitrogens with zero attached hydrogens (tertiary/aromatic N) is 3. The lowest BCUT2D eigenvalue weighted by Gasteiger charge is -2.20. The van der Waals surface area contributed by atoms with Crippen molar-refractivity contribution in [3.05, 3.63) is 99.8 Å². The molecule has 6 nitrogen and oxygen atoms in total. The van der Waals surface area contributed by atoms with Gasteiger partial charge in [0.2, 0.25) is 0 Å². The summed E-state index contributed by atoms with van der Waals surface area (Å²) >= 11 is 0. The van der Waals surface area contributed by atoms with E-state index in [1.165, 1.54) is 6.20 Å². The maximum Gasteiger partial charge on any atom is 0.417 e. The van der Waals surface area contributed by atoms with E-state index < -0.39 is 17.3 Å². The first-order valence-corrected chi connectivity index (χ1v) is 11.7. The van der Waals surface area contributed by atoms with Gasteiger partial charge in [0.1, 0.15) is 5.60 Å². The molecule has 2 N–H and O–H groups in total. The predicted molar refractivity (Wildman–Crippen MR) is 134 cm³/mol. The molecule has 0 aliphatic rings. The van der Waals surface area contributed by atoms with Crippen LogP contribution in [0.1, 0.15) is 63.5 Å². The van der Waals surface area contributed by atoms with Crippen molar-refractivity contribution in [1.29, 1.82) is 0 Å². The number of hydrogen-bond donors (Lipinski definition) is 2. The SMILES string of the molecule is Cc1cc(C(C)(C)O)nc(C)c1CNC(=O)c1ccnc(Cc2ccc3ncc(C(F)(F)F)cc3c2)c1. The number of hydrogen-bond acceptors (Lipinski definition) is 5. The molecule has 0 fully saturated rings. The molecular weight excluding hydrogens is 481 g/mol. The molecular formula is C28H27F3N4O2. The molecule has 0 unspecified atom stereocenters. The molecule has 4 aromatic rings. The summed E-state index contributed by atoms with van der Waals surface area (Å²) in [5, 5.41) is 13.5. The Morgan fingerprint density at radius 2 is 1.78 bits per heavy atom. The van der Waals surface area contributed by atoms with Gasteiger partial charge in [-0.2, -0.15) is 13.2 Å². The molecule has 9 heteroatoms. The van der Waals surface area contributed by atoms with Gasteiger partial charge >= 0.3 is 6.18 Å². The van der Waals surface area contributed by atoms with Gasteiger partial charge in [-0.15, -0.1) is 0 Å². The highest BCUT2D eigenvalue weighted by atomic mass is 19.4. The number of benzene rings is 1. The van der Waals surface area contributed by atoms with Crippen LogP contribution >= 0.6 is 0 Å². The fraction of sp³-hybridized carbons (Fsp3) is 0.286. The molecule has 4 rings (SSSR count). The van der Waals surface area contributed by atoms with Crippen molar-refractivity contribution in [2.45, 2.75) is 52.4 Å². The molecule has 192 valence electrons. The number of nitrogens with one attached hydrogen (secondary N) is 1. The van der Waals surface area contributed by atoms with Crippen molar-refractivity contribution in [3.8, 4) is 0 Å². The molecule has 1 aromatic carbocycles. The zero-order chi connectivity index (χ0) is 27.0. The predicted octanol–water partition coefficient (Wildman–Crippen LogP) is 5.41. The van der Waals surface area contributed by atoms with Gasteiger partial charge in [-0.3, -0.25) is 19.7 Å². The smallest absolute Gasteiger partial charge is 0.384 e. The Kier molecular flexibility index (Phi) is 7.01. The second kappa shape index (κ2) is 9.89. The molecule has 3 heterocycles. The number of halogens is 3. The van der Waals surface area contributed by atoms with Crippen molar-refractivity contribution in [2.24, 2.45) is 0 Å². The fourth-order valence-electron chi connectivity index (χ4n) is 4.08. The third-order valence-corrected chi connectivity index (χ3v) is 6.14. The Balaban J connectivity index is 1.49. The number of aryl methyl sites for hydroxylation is 2. The maximum atomic E-state index is 13.1. The Labute approximate surface area is 212 Å². The van der Waals surface area contributed by atoms with Crippen molar-refractivity contribution in [3.63, 3.8) is 0 Å². The van der Waals surface area contributed by atoms with E-state index in [0.29, 0.717) is 34.3 Å². The van der Waals surface area contributed by atoms with Gasteiger partial charge in [0.15, 0.2) is 0 Å². The fourth-order valence-corrected chi connectivity index (χ4v) is 4.08. The minimum atomic E-state index is -4.47. The van der Waals surface area contributed by atoms with E-state index >= 15 is 0 Å². The third kappa shape index (κ3) is 6.11. The van der Waals surface area contributed by atoms with Crippen LogP contribution in [0.15, 0.2) is 54.9 Å². The summed E-state index contributed by atoms with van der Waals surface area (Å²) in [6.07, 6.45) is -1.77.